The van der Waals surface area contributed by atoms with Gasteiger partial charge in [-0.05, 0) is 30.6 Å². The van der Waals surface area contributed by atoms with Gasteiger partial charge < -0.3 is 0 Å². The summed E-state index contributed by atoms with van der Waals surface area (Å²) in [4.78, 5) is 0. The molecule has 0 aromatic carbocycles. The molecule has 0 aromatic heterocycles. The minimum atomic E-state index is 0.869. The molecular formula is C10H22. The van der Waals surface area contributed by atoms with Gasteiger partial charge in [0.2, 0.25) is 0 Å². The molecule has 0 nitrogen and oxygen atoms in total. The van der Waals surface area contributed by atoms with E-state index in [1.54, 1.807) is 0 Å². The van der Waals surface area contributed by atoms with Gasteiger partial charge in [0, 0.05) is 0 Å². The maximum atomic E-state index is 2.36. The summed E-state index contributed by atoms with van der Waals surface area (Å²) < 4.78 is 0. The van der Waals surface area contributed by atoms with Gasteiger partial charge in [0.05, 0.1) is 0 Å². The average Bonchev–Trinajstić information content (AvgIpc) is 1.58. The predicted octanol–water partition coefficient (Wildman–Crippen LogP) is 3.71. The van der Waals surface area contributed by atoms with Gasteiger partial charge in [0.15, 0.2) is 0 Å². The molecule has 10 heavy (non-hydrogen) atoms. The van der Waals surface area contributed by atoms with Crippen LogP contribution >= 0.6 is 0 Å². The quantitative estimate of drug-likeness (QED) is 0.561. The zero-order valence-electron chi connectivity index (χ0n) is 8.15. The van der Waals surface area contributed by atoms with E-state index < -0.39 is 0 Å². The van der Waals surface area contributed by atoms with Crippen molar-refractivity contribution in [2.24, 2.45) is 17.8 Å². The smallest absolute Gasteiger partial charge is 0.0438 e. The Morgan fingerprint density at radius 1 is 0.700 bits per heavy atom. The molecule has 0 rings (SSSR count). The standard InChI is InChI=1S/C10H22/c1-8(2)6-10(5)7-9(3)4/h8-10H,6-7H2,1-5H3. The first-order valence-electron chi connectivity index (χ1n) is 4.52. The van der Waals surface area contributed by atoms with Crippen LogP contribution in [0.3, 0.4) is 0 Å². The first kappa shape index (κ1) is 10.0. The fourth-order valence-corrected chi connectivity index (χ4v) is 1.71. The van der Waals surface area contributed by atoms with Crippen LogP contribution in [0, 0.1) is 17.8 Å². The minimum Gasteiger partial charge on any atom is -0.0628 e. The average molecular weight is 142 g/mol. The molecular weight excluding hydrogens is 120 g/mol. The maximum absolute atomic E-state index is 2.36. The Kier molecular flexibility index (Phi) is 4.76. The van der Waals surface area contributed by atoms with Crippen molar-refractivity contribution >= 4 is 0 Å². The van der Waals surface area contributed by atoms with Crippen LogP contribution in [0.25, 0.3) is 0 Å². The monoisotopic (exact) mass is 142 g/mol. The number of hydrogen-bond acceptors (Lipinski definition) is 0. The van der Waals surface area contributed by atoms with Crippen molar-refractivity contribution in [3.8, 4) is 0 Å². The van der Waals surface area contributed by atoms with Crippen LogP contribution in [0.15, 0.2) is 0 Å². The summed E-state index contributed by atoms with van der Waals surface area (Å²) in [5, 5.41) is 0. The van der Waals surface area contributed by atoms with E-state index >= 15 is 0 Å². The summed E-state index contributed by atoms with van der Waals surface area (Å²) in [5.41, 5.74) is 0. The third kappa shape index (κ3) is 6.12. The van der Waals surface area contributed by atoms with E-state index in [1.165, 1.54) is 12.8 Å². The minimum absolute atomic E-state index is 0.869. The van der Waals surface area contributed by atoms with Crippen LogP contribution < -0.4 is 0 Å². The Labute approximate surface area is 66.0 Å². The Balaban J connectivity index is 3.34. The second kappa shape index (κ2) is 4.76. The van der Waals surface area contributed by atoms with Crippen LogP contribution in [-0.4, -0.2) is 0 Å². The van der Waals surface area contributed by atoms with Crippen LogP contribution in [0.4, 0.5) is 0 Å². The first-order chi connectivity index (χ1) is 4.52. The molecule has 62 valence electrons. The molecule has 0 radical (unpaired) electrons. The Hall–Kier alpha value is 0. The summed E-state index contributed by atoms with van der Waals surface area (Å²) in [7, 11) is 0. The highest BCUT2D eigenvalue weighted by molar-refractivity contribution is 4.57. The number of rotatable bonds is 4. The molecule has 0 saturated carbocycles. The Bertz CT molecular complexity index is 62.1. The van der Waals surface area contributed by atoms with Crippen molar-refractivity contribution in [1.29, 1.82) is 0 Å². The Morgan fingerprint density at radius 3 is 1.20 bits per heavy atom. The van der Waals surface area contributed by atoms with Crippen molar-refractivity contribution in [3.63, 3.8) is 0 Å². The fraction of sp³-hybridized carbons (Fsp3) is 1.00. The zero-order valence-corrected chi connectivity index (χ0v) is 8.15. The molecule has 0 unspecified atom stereocenters. The van der Waals surface area contributed by atoms with Crippen molar-refractivity contribution in [2.75, 3.05) is 0 Å². The van der Waals surface area contributed by atoms with E-state index in [9.17, 15) is 0 Å². The number of hydrogen-bond donors (Lipinski definition) is 0. The molecule has 0 heteroatoms. The van der Waals surface area contributed by atoms with Gasteiger partial charge >= 0.3 is 0 Å². The topological polar surface area (TPSA) is 0 Å². The van der Waals surface area contributed by atoms with Gasteiger partial charge in [-0.25, -0.2) is 0 Å². The normalized spacial score (nSPS) is 12.0. The van der Waals surface area contributed by atoms with Crippen molar-refractivity contribution in [3.05, 3.63) is 0 Å². The van der Waals surface area contributed by atoms with E-state index in [0.717, 1.165) is 17.8 Å². The SMILES string of the molecule is CC(C)CC(C)CC(C)C. The molecule has 0 amide bonds. The summed E-state index contributed by atoms with van der Waals surface area (Å²) in [6, 6.07) is 0. The van der Waals surface area contributed by atoms with E-state index in [2.05, 4.69) is 34.6 Å². The predicted molar refractivity (Wildman–Crippen MR) is 48.1 cm³/mol. The maximum Gasteiger partial charge on any atom is -0.0438 e. The first-order valence-corrected chi connectivity index (χ1v) is 4.52. The molecule has 0 aliphatic heterocycles. The highest BCUT2D eigenvalue weighted by atomic mass is 14.1. The third-order valence-electron chi connectivity index (χ3n) is 1.75. The highest BCUT2D eigenvalue weighted by Gasteiger charge is 2.06. The van der Waals surface area contributed by atoms with Gasteiger partial charge in [-0.15, -0.1) is 0 Å². The molecule has 0 spiro atoms. The van der Waals surface area contributed by atoms with E-state index in [-0.39, 0.29) is 0 Å². The van der Waals surface area contributed by atoms with E-state index in [4.69, 9.17) is 0 Å². The lowest BCUT2D eigenvalue weighted by molar-refractivity contribution is 0.368. The van der Waals surface area contributed by atoms with Gasteiger partial charge in [-0.1, -0.05) is 34.6 Å². The molecule has 0 atom stereocenters. The zero-order chi connectivity index (χ0) is 8.15. The summed E-state index contributed by atoms with van der Waals surface area (Å²) in [6.07, 6.45) is 2.77. The van der Waals surface area contributed by atoms with Crippen molar-refractivity contribution in [1.82, 2.24) is 0 Å². The molecule has 0 aromatic rings. The van der Waals surface area contributed by atoms with Crippen LogP contribution in [0.1, 0.15) is 47.5 Å². The molecule has 0 aliphatic carbocycles. The summed E-state index contributed by atoms with van der Waals surface area (Å²) in [5.74, 6) is 2.66. The van der Waals surface area contributed by atoms with Crippen LogP contribution in [0.5, 0.6) is 0 Å². The lowest BCUT2D eigenvalue weighted by Gasteiger charge is -2.15. The van der Waals surface area contributed by atoms with Crippen molar-refractivity contribution in [2.45, 2.75) is 47.5 Å². The molecule has 0 N–H and O–H groups in total. The molecule has 0 bridgehead atoms. The summed E-state index contributed by atoms with van der Waals surface area (Å²) in [6.45, 7) is 11.6. The van der Waals surface area contributed by atoms with Crippen molar-refractivity contribution < 1.29 is 0 Å². The molecule has 0 aliphatic rings. The van der Waals surface area contributed by atoms with Gasteiger partial charge in [0.1, 0.15) is 0 Å². The fourth-order valence-electron chi connectivity index (χ4n) is 1.71. The lowest BCUT2D eigenvalue weighted by Crippen LogP contribution is -2.03. The molecule has 0 fully saturated rings. The van der Waals surface area contributed by atoms with E-state index in [1.807, 2.05) is 0 Å². The second-order valence-electron chi connectivity index (χ2n) is 4.36. The molecule has 0 heterocycles. The molecule has 0 saturated heterocycles. The van der Waals surface area contributed by atoms with Gasteiger partial charge in [-0.3, -0.25) is 0 Å². The van der Waals surface area contributed by atoms with E-state index in [0.29, 0.717) is 0 Å². The van der Waals surface area contributed by atoms with Crippen LogP contribution in [-0.2, 0) is 0 Å². The summed E-state index contributed by atoms with van der Waals surface area (Å²) >= 11 is 0. The van der Waals surface area contributed by atoms with Gasteiger partial charge in [-0.2, -0.15) is 0 Å². The second-order valence-corrected chi connectivity index (χ2v) is 4.36. The van der Waals surface area contributed by atoms with Gasteiger partial charge in [0.25, 0.3) is 0 Å². The lowest BCUT2D eigenvalue weighted by atomic mass is 9.91. The Morgan fingerprint density at radius 2 is 1.00 bits per heavy atom. The van der Waals surface area contributed by atoms with Crippen LogP contribution in [0.2, 0.25) is 0 Å². The highest BCUT2D eigenvalue weighted by Crippen LogP contribution is 2.18. The third-order valence-corrected chi connectivity index (χ3v) is 1.75. The largest absolute Gasteiger partial charge is 0.0628 e.